The van der Waals surface area contributed by atoms with Crippen LogP contribution in [0.15, 0.2) is 18.2 Å². The molecule has 0 bridgehead atoms. The van der Waals surface area contributed by atoms with E-state index in [9.17, 15) is 9.90 Å². The third kappa shape index (κ3) is 2.33. The first-order valence-corrected chi connectivity index (χ1v) is 6.28. The zero-order valence-electron chi connectivity index (χ0n) is 11.3. The summed E-state index contributed by atoms with van der Waals surface area (Å²) < 4.78 is 1.92. The molecule has 0 fully saturated rings. The number of aromatic nitrogens is 2. The molecule has 0 saturated heterocycles. The number of hydrogen-bond acceptors (Lipinski definition) is 3. The number of hydrogen-bond donors (Lipinski definition) is 2. The molecule has 2 aromatic rings. The molecule has 5 nitrogen and oxygen atoms in total. The Labute approximate surface area is 111 Å². The predicted molar refractivity (Wildman–Crippen MR) is 72.4 cm³/mol. The van der Waals surface area contributed by atoms with Gasteiger partial charge in [0.1, 0.15) is 5.82 Å². The monoisotopic (exact) mass is 262 g/mol. The van der Waals surface area contributed by atoms with E-state index in [1.165, 1.54) is 0 Å². The van der Waals surface area contributed by atoms with Crippen molar-refractivity contribution in [2.24, 2.45) is 5.92 Å². The molecule has 2 N–H and O–H groups in total. The summed E-state index contributed by atoms with van der Waals surface area (Å²) in [6, 6.07) is 4.76. The van der Waals surface area contributed by atoms with Crippen LogP contribution in [0, 0.1) is 12.8 Å². The van der Waals surface area contributed by atoms with E-state index in [1.807, 2.05) is 25.3 Å². The van der Waals surface area contributed by atoms with Crippen LogP contribution in [0.5, 0.6) is 0 Å². The number of aromatic carboxylic acids is 1. The van der Waals surface area contributed by atoms with Gasteiger partial charge in [0, 0.05) is 0 Å². The molecule has 0 radical (unpaired) electrons. The number of benzene rings is 1. The highest BCUT2D eigenvalue weighted by Crippen LogP contribution is 2.26. The third-order valence-corrected chi connectivity index (χ3v) is 3.40. The number of aliphatic hydroxyl groups is 1. The molecule has 0 amide bonds. The molecule has 1 aromatic heterocycles. The van der Waals surface area contributed by atoms with E-state index < -0.39 is 5.97 Å². The highest BCUT2D eigenvalue weighted by Gasteiger charge is 2.20. The standard InChI is InChI=1S/C14H18N2O3/c1-8(2)13(7-17)16-9(3)15-11-5-4-10(14(18)19)6-12(11)16/h4-6,8,13,17H,7H2,1-3H3,(H,18,19). The summed E-state index contributed by atoms with van der Waals surface area (Å²) in [6.45, 7) is 5.91. The summed E-state index contributed by atoms with van der Waals surface area (Å²) >= 11 is 0. The first-order chi connectivity index (χ1) is 8.95. The maximum absolute atomic E-state index is 11.1. The van der Waals surface area contributed by atoms with Gasteiger partial charge in [-0.2, -0.15) is 0 Å². The molecule has 1 aromatic carbocycles. The quantitative estimate of drug-likeness (QED) is 0.886. The molecule has 0 spiro atoms. The van der Waals surface area contributed by atoms with E-state index in [1.54, 1.807) is 18.2 Å². The van der Waals surface area contributed by atoms with Crippen LogP contribution in [0.2, 0.25) is 0 Å². The van der Waals surface area contributed by atoms with Gasteiger partial charge in [0.25, 0.3) is 0 Å². The van der Waals surface area contributed by atoms with Gasteiger partial charge in [-0.3, -0.25) is 0 Å². The third-order valence-electron chi connectivity index (χ3n) is 3.40. The molecule has 2 rings (SSSR count). The Morgan fingerprint density at radius 2 is 2.11 bits per heavy atom. The number of rotatable bonds is 4. The molecule has 5 heteroatoms. The molecule has 19 heavy (non-hydrogen) atoms. The van der Waals surface area contributed by atoms with Gasteiger partial charge in [-0.15, -0.1) is 0 Å². The molecule has 0 aliphatic rings. The van der Waals surface area contributed by atoms with Crippen LogP contribution < -0.4 is 0 Å². The predicted octanol–water partition coefficient (Wildman–Crippen LogP) is 2.23. The fourth-order valence-electron chi connectivity index (χ4n) is 2.36. The lowest BCUT2D eigenvalue weighted by Crippen LogP contribution is -2.20. The van der Waals surface area contributed by atoms with Crippen molar-refractivity contribution in [3.8, 4) is 0 Å². The number of nitrogens with zero attached hydrogens (tertiary/aromatic N) is 2. The largest absolute Gasteiger partial charge is 0.478 e. The minimum Gasteiger partial charge on any atom is -0.478 e. The van der Waals surface area contributed by atoms with E-state index in [0.29, 0.717) is 0 Å². The molecule has 1 heterocycles. The molecular formula is C14H18N2O3. The summed E-state index contributed by atoms with van der Waals surface area (Å²) in [5.41, 5.74) is 1.74. The molecule has 0 saturated carbocycles. The Morgan fingerprint density at radius 1 is 1.42 bits per heavy atom. The second-order valence-electron chi connectivity index (χ2n) is 5.03. The number of carboxylic acids is 1. The summed E-state index contributed by atoms with van der Waals surface area (Å²) in [5.74, 6) is 0.0530. The lowest BCUT2D eigenvalue weighted by atomic mass is 10.0. The number of carbonyl (C=O) groups is 1. The number of imidazole rings is 1. The van der Waals surface area contributed by atoms with E-state index >= 15 is 0 Å². The Bertz CT molecular complexity index is 616. The van der Waals surface area contributed by atoms with Gasteiger partial charge in [-0.1, -0.05) is 13.8 Å². The molecule has 0 aliphatic carbocycles. The molecule has 102 valence electrons. The van der Waals surface area contributed by atoms with Crippen LogP contribution in [0.1, 0.15) is 36.1 Å². The van der Waals surface area contributed by atoms with Crippen molar-refractivity contribution >= 4 is 17.0 Å². The zero-order chi connectivity index (χ0) is 14.2. The van der Waals surface area contributed by atoms with Crippen molar-refractivity contribution in [1.82, 2.24) is 9.55 Å². The second kappa shape index (κ2) is 5.01. The average Bonchev–Trinajstić information content (AvgIpc) is 2.66. The van der Waals surface area contributed by atoms with Crippen molar-refractivity contribution in [1.29, 1.82) is 0 Å². The SMILES string of the molecule is Cc1nc2ccc(C(=O)O)cc2n1C(CO)C(C)C. The Hall–Kier alpha value is -1.88. The Morgan fingerprint density at radius 3 is 2.63 bits per heavy atom. The van der Waals surface area contributed by atoms with Crippen molar-refractivity contribution in [2.75, 3.05) is 6.61 Å². The summed E-state index contributed by atoms with van der Waals surface area (Å²) in [6.07, 6.45) is 0. The Kier molecular flexibility index (Phi) is 3.57. The van der Waals surface area contributed by atoms with Crippen molar-refractivity contribution in [3.63, 3.8) is 0 Å². The number of aryl methyl sites for hydroxylation is 1. The highest BCUT2D eigenvalue weighted by molar-refractivity contribution is 5.92. The Balaban J connectivity index is 2.67. The lowest BCUT2D eigenvalue weighted by molar-refractivity contribution is 0.0697. The topological polar surface area (TPSA) is 75.3 Å². The van der Waals surface area contributed by atoms with E-state index in [-0.39, 0.29) is 24.1 Å². The van der Waals surface area contributed by atoms with E-state index in [2.05, 4.69) is 4.98 Å². The summed E-state index contributed by atoms with van der Waals surface area (Å²) in [5, 5.41) is 18.6. The first-order valence-electron chi connectivity index (χ1n) is 6.28. The number of aliphatic hydroxyl groups excluding tert-OH is 1. The lowest BCUT2D eigenvalue weighted by Gasteiger charge is -2.22. The van der Waals surface area contributed by atoms with Crippen molar-refractivity contribution in [2.45, 2.75) is 26.8 Å². The van der Waals surface area contributed by atoms with Gasteiger partial charge in [0.2, 0.25) is 0 Å². The van der Waals surface area contributed by atoms with E-state index in [0.717, 1.165) is 16.9 Å². The van der Waals surface area contributed by atoms with Crippen LogP contribution in [0.25, 0.3) is 11.0 Å². The number of carboxylic acid groups (broad SMARTS) is 1. The summed E-state index contributed by atoms with van der Waals surface area (Å²) in [7, 11) is 0. The van der Waals surface area contributed by atoms with E-state index in [4.69, 9.17) is 5.11 Å². The van der Waals surface area contributed by atoms with Crippen LogP contribution in [0.4, 0.5) is 0 Å². The van der Waals surface area contributed by atoms with Crippen molar-refractivity contribution in [3.05, 3.63) is 29.6 Å². The molecule has 1 unspecified atom stereocenters. The van der Waals surface area contributed by atoms with Gasteiger partial charge >= 0.3 is 5.97 Å². The fraction of sp³-hybridized carbons (Fsp3) is 0.429. The minimum atomic E-state index is -0.961. The van der Waals surface area contributed by atoms with Gasteiger partial charge in [-0.25, -0.2) is 9.78 Å². The highest BCUT2D eigenvalue weighted by atomic mass is 16.4. The van der Waals surface area contributed by atoms with Crippen LogP contribution >= 0.6 is 0 Å². The van der Waals surface area contributed by atoms with Crippen LogP contribution in [-0.4, -0.2) is 32.3 Å². The first kappa shape index (κ1) is 13.5. The van der Waals surface area contributed by atoms with Gasteiger partial charge in [0.05, 0.1) is 29.2 Å². The second-order valence-corrected chi connectivity index (χ2v) is 5.03. The summed E-state index contributed by atoms with van der Waals surface area (Å²) in [4.78, 5) is 15.5. The van der Waals surface area contributed by atoms with Gasteiger partial charge in [-0.05, 0) is 31.0 Å². The molecule has 0 aliphatic heterocycles. The van der Waals surface area contributed by atoms with Crippen molar-refractivity contribution < 1.29 is 15.0 Å². The van der Waals surface area contributed by atoms with Crippen LogP contribution in [0.3, 0.4) is 0 Å². The number of fused-ring (bicyclic) bond motifs is 1. The normalized spacial score (nSPS) is 13.1. The minimum absolute atomic E-state index is 0.00126. The molecule has 1 atom stereocenters. The van der Waals surface area contributed by atoms with Crippen LogP contribution in [-0.2, 0) is 0 Å². The fourth-order valence-corrected chi connectivity index (χ4v) is 2.36. The molecular weight excluding hydrogens is 244 g/mol. The maximum Gasteiger partial charge on any atom is 0.335 e. The average molecular weight is 262 g/mol. The zero-order valence-corrected chi connectivity index (χ0v) is 11.3. The van der Waals surface area contributed by atoms with Gasteiger partial charge < -0.3 is 14.8 Å². The maximum atomic E-state index is 11.1. The smallest absolute Gasteiger partial charge is 0.335 e. The van der Waals surface area contributed by atoms with Gasteiger partial charge in [0.15, 0.2) is 0 Å².